The zero-order valence-electron chi connectivity index (χ0n) is 11.6. The molecule has 2 aliphatic heterocycles. The molecule has 5 heteroatoms. The second kappa shape index (κ2) is 5.39. The number of halogens is 1. The predicted molar refractivity (Wildman–Crippen MR) is 82.8 cm³/mol. The van der Waals surface area contributed by atoms with Gasteiger partial charge in [-0.15, -0.1) is 23.4 Å². The number of carbonyl (C=O) groups excluding carboxylic acids is 1. The van der Waals surface area contributed by atoms with Crippen LogP contribution in [0.25, 0.3) is 0 Å². The van der Waals surface area contributed by atoms with Crippen LogP contribution in [-0.4, -0.2) is 33.8 Å². The van der Waals surface area contributed by atoms with Crippen molar-refractivity contribution in [3.05, 3.63) is 22.6 Å². The maximum atomic E-state index is 12.2. The second-order valence-corrected chi connectivity index (χ2v) is 7.66. The van der Waals surface area contributed by atoms with Gasteiger partial charge >= 0.3 is 0 Å². The fourth-order valence-electron chi connectivity index (χ4n) is 3.59. The molecule has 1 saturated heterocycles. The van der Waals surface area contributed by atoms with Gasteiger partial charge in [0.25, 0.3) is 0 Å². The molecule has 0 saturated carbocycles. The Morgan fingerprint density at radius 3 is 3.05 bits per heavy atom. The molecule has 1 unspecified atom stereocenters. The lowest BCUT2D eigenvalue weighted by atomic mass is 9.73. The molecule has 1 fully saturated rings. The Bertz CT molecular complexity index is 490. The lowest BCUT2D eigenvalue weighted by Gasteiger charge is -2.49. The number of rotatable bonds is 4. The number of nitrogens with one attached hydrogen (secondary N) is 1. The Hall–Kier alpha value is -0.450. The summed E-state index contributed by atoms with van der Waals surface area (Å²) in [6.45, 7) is 2.03. The van der Waals surface area contributed by atoms with Crippen molar-refractivity contribution in [3.8, 4) is 0 Å². The summed E-state index contributed by atoms with van der Waals surface area (Å²) in [7, 11) is 0. The van der Waals surface area contributed by atoms with Gasteiger partial charge in [-0.05, 0) is 43.1 Å². The van der Waals surface area contributed by atoms with E-state index < -0.39 is 10.9 Å². The van der Waals surface area contributed by atoms with E-state index in [0.29, 0.717) is 5.88 Å². The molecule has 3 aliphatic rings. The van der Waals surface area contributed by atoms with Gasteiger partial charge in [-0.1, -0.05) is 12.2 Å². The second-order valence-electron chi connectivity index (χ2n) is 5.79. The van der Waals surface area contributed by atoms with Gasteiger partial charge in [0, 0.05) is 11.8 Å². The number of β-lactam (4-membered cyclic amide) rings is 1. The zero-order chi connectivity index (χ0) is 14.3. The molecular weight excluding hydrogens is 294 g/mol. The smallest absolute Gasteiger partial charge is 0.242 e. The number of hydrogen-bond donors (Lipinski definition) is 2. The SMILES string of the molecule is CC1=C(CCCl)[C@@H]2NC(=O)[C@]2([C@@H](O)C2C=CCCC2)S1. The lowest BCUT2D eigenvalue weighted by Crippen LogP contribution is -2.75. The largest absolute Gasteiger partial charge is 0.390 e. The normalized spacial score (nSPS) is 37.5. The highest BCUT2D eigenvalue weighted by Crippen LogP contribution is 2.55. The monoisotopic (exact) mass is 313 g/mol. The number of fused-ring (bicyclic) bond motifs is 1. The van der Waals surface area contributed by atoms with Crippen LogP contribution in [0, 0.1) is 5.92 Å². The van der Waals surface area contributed by atoms with E-state index in [-0.39, 0.29) is 17.9 Å². The molecule has 1 aliphatic carbocycles. The first kappa shape index (κ1) is 14.5. The number of amides is 1. The minimum atomic E-state index is -0.710. The number of aliphatic hydroxyl groups excluding tert-OH is 1. The van der Waals surface area contributed by atoms with Crippen molar-refractivity contribution in [1.82, 2.24) is 5.32 Å². The highest BCUT2D eigenvalue weighted by Gasteiger charge is 2.65. The molecule has 3 rings (SSSR count). The maximum absolute atomic E-state index is 12.2. The molecule has 4 atom stereocenters. The van der Waals surface area contributed by atoms with Crippen LogP contribution in [0.4, 0.5) is 0 Å². The molecule has 3 nitrogen and oxygen atoms in total. The predicted octanol–water partition coefficient (Wildman–Crippen LogP) is 2.59. The number of aliphatic hydroxyl groups is 1. The molecule has 20 heavy (non-hydrogen) atoms. The third-order valence-electron chi connectivity index (χ3n) is 4.68. The number of allylic oxidation sites excluding steroid dienone is 2. The first-order valence-electron chi connectivity index (χ1n) is 7.21. The molecule has 0 bridgehead atoms. The van der Waals surface area contributed by atoms with Crippen LogP contribution >= 0.6 is 23.4 Å². The summed E-state index contributed by atoms with van der Waals surface area (Å²) in [5.74, 6) is 0.616. The van der Waals surface area contributed by atoms with Crippen molar-refractivity contribution in [2.24, 2.45) is 5.92 Å². The van der Waals surface area contributed by atoms with Crippen molar-refractivity contribution in [3.63, 3.8) is 0 Å². The summed E-state index contributed by atoms with van der Waals surface area (Å²) < 4.78 is -0.710. The Kier molecular flexibility index (Phi) is 3.91. The standard InChI is InChI=1S/C15H20ClNO2S/c1-9-11(7-8-16)12-15(20-9,14(19)17-12)13(18)10-5-3-2-4-6-10/h3,5,10,12-13,18H,2,4,6-8H2,1H3,(H,17,19)/t10?,12-,13-,15-/m0/s1. The summed E-state index contributed by atoms with van der Waals surface area (Å²) >= 11 is 7.41. The van der Waals surface area contributed by atoms with E-state index in [4.69, 9.17) is 11.6 Å². The molecular formula is C15H20ClNO2S. The van der Waals surface area contributed by atoms with Gasteiger partial charge in [0.15, 0.2) is 0 Å². The summed E-state index contributed by atoms with van der Waals surface area (Å²) in [6.07, 6.45) is 7.50. The molecule has 0 aromatic heterocycles. The van der Waals surface area contributed by atoms with E-state index in [1.807, 2.05) is 6.92 Å². The van der Waals surface area contributed by atoms with E-state index >= 15 is 0 Å². The molecule has 0 aromatic rings. The highest BCUT2D eigenvalue weighted by molar-refractivity contribution is 8.05. The summed E-state index contributed by atoms with van der Waals surface area (Å²) in [6, 6.07) is -0.0379. The van der Waals surface area contributed by atoms with Crippen LogP contribution in [0.5, 0.6) is 0 Å². The number of alkyl halides is 1. The minimum Gasteiger partial charge on any atom is -0.390 e. The quantitative estimate of drug-likeness (QED) is 0.476. The minimum absolute atomic E-state index is 0.0251. The van der Waals surface area contributed by atoms with Gasteiger partial charge in [0.05, 0.1) is 12.1 Å². The molecule has 0 spiro atoms. The van der Waals surface area contributed by atoms with E-state index in [9.17, 15) is 9.90 Å². The molecule has 1 amide bonds. The van der Waals surface area contributed by atoms with E-state index in [2.05, 4.69) is 17.5 Å². The van der Waals surface area contributed by atoms with Crippen molar-refractivity contribution >= 4 is 29.3 Å². The van der Waals surface area contributed by atoms with Gasteiger partial charge in [-0.3, -0.25) is 4.79 Å². The number of thioether (sulfide) groups is 1. The van der Waals surface area contributed by atoms with Gasteiger partial charge in [-0.25, -0.2) is 0 Å². The first-order valence-corrected chi connectivity index (χ1v) is 8.56. The van der Waals surface area contributed by atoms with E-state index in [1.54, 1.807) is 11.8 Å². The Labute approximate surface area is 128 Å². The summed E-state index contributed by atoms with van der Waals surface area (Å²) in [5.41, 5.74) is 1.20. The van der Waals surface area contributed by atoms with Gasteiger partial charge in [-0.2, -0.15) is 0 Å². The molecule has 0 aromatic carbocycles. The average molecular weight is 314 g/mol. The molecule has 2 heterocycles. The fraction of sp³-hybridized carbons (Fsp3) is 0.667. The topological polar surface area (TPSA) is 49.3 Å². The summed E-state index contributed by atoms with van der Waals surface area (Å²) in [4.78, 5) is 13.4. The van der Waals surface area contributed by atoms with E-state index in [0.717, 1.165) is 30.6 Å². The van der Waals surface area contributed by atoms with Gasteiger partial charge in [0.2, 0.25) is 5.91 Å². The average Bonchev–Trinajstić information content (AvgIpc) is 2.69. The highest BCUT2D eigenvalue weighted by atomic mass is 35.5. The van der Waals surface area contributed by atoms with Gasteiger partial charge < -0.3 is 10.4 Å². The maximum Gasteiger partial charge on any atom is 0.242 e. The third-order valence-corrected chi connectivity index (χ3v) is 6.44. The Morgan fingerprint density at radius 1 is 1.65 bits per heavy atom. The molecule has 110 valence electrons. The van der Waals surface area contributed by atoms with E-state index in [1.165, 1.54) is 5.57 Å². The fourth-order valence-corrected chi connectivity index (χ4v) is 5.41. The zero-order valence-corrected chi connectivity index (χ0v) is 13.1. The van der Waals surface area contributed by atoms with Crippen LogP contribution < -0.4 is 5.32 Å². The van der Waals surface area contributed by atoms with Crippen LogP contribution in [0.1, 0.15) is 32.6 Å². The number of hydrogen-bond acceptors (Lipinski definition) is 3. The van der Waals surface area contributed by atoms with Crippen molar-refractivity contribution < 1.29 is 9.90 Å². The lowest BCUT2D eigenvalue weighted by molar-refractivity contribution is -0.137. The van der Waals surface area contributed by atoms with Crippen LogP contribution in [0.3, 0.4) is 0 Å². The Balaban J connectivity index is 1.86. The van der Waals surface area contributed by atoms with Gasteiger partial charge in [0.1, 0.15) is 4.75 Å². The van der Waals surface area contributed by atoms with Crippen LogP contribution in [-0.2, 0) is 4.79 Å². The molecule has 0 radical (unpaired) electrons. The summed E-state index contributed by atoms with van der Waals surface area (Å²) in [5, 5.41) is 13.8. The third kappa shape index (κ3) is 1.96. The Morgan fingerprint density at radius 2 is 2.45 bits per heavy atom. The van der Waals surface area contributed by atoms with Crippen LogP contribution in [0.2, 0.25) is 0 Å². The van der Waals surface area contributed by atoms with Crippen molar-refractivity contribution in [2.45, 2.75) is 49.5 Å². The van der Waals surface area contributed by atoms with Crippen molar-refractivity contribution in [2.75, 3.05) is 5.88 Å². The first-order chi connectivity index (χ1) is 9.61. The number of carbonyl (C=O) groups is 1. The van der Waals surface area contributed by atoms with Crippen molar-refractivity contribution in [1.29, 1.82) is 0 Å². The van der Waals surface area contributed by atoms with Crippen LogP contribution in [0.15, 0.2) is 22.6 Å². The molecule has 2 N–H and O–H groups in total.